The second kappa shape index (κ2) is 9.87. The fraction of sp³-hybridized carbons (Fsp3) is 0.143. The van der Waals surface area contributed by atoms with Crippen molar-refractivity contribution in [3.63, 3.8) is 0 Å². The van der Waals surface area contributed by atoms with Crippen LogP contribution in [0.5, 0.6) is 0 Å². The van der Waals surface area contributed by atoms with Crippen molar-refractivity contribution in [3.05, 3.63) is 118 Å². The minimum Gasteiger partial charge on any atom is -0.350 e. The number of nitrogens with one attached hydrogen (secondary N) is 1. The topological polar surface area (TPSA) is 90.9 Å². The Morgan fingerprint density at radius 3 is 2.25 bits per heavy atom. The van der Waals surface area contributed by atoms with Gasteiger partial charge in [0.15, 0.2) is 0 Å². The van der Waals surface area contributed by atoms with Crippen LogP contribution in [0, 0.1) is 0 Å². The van der Waals surface area contributed by atoms with Crippen LogP contribution in [0.15, 0.2) is 101 Å². The molecule has 1 N–H and O–H groups in total. The summed E-state index contributed by atoms with van der Waals surface area (Å²) in [7, 11) is 0. The van der Waals surface area contributed by atoms with Crippen molar-refractivity contribution in [2.24, 2.45) is 0 Å². The summed E-state index contributed by atoms with van der Waals surface area (Å²) in [6.45, 7) is 1.99. The van der Waals surface area contributed by atoms with E-state index in [1.807, 2.05) is 66.9 Å². The van der Waals surface area contributed by atoms with E-state index in [1.54, 1.807) is 35.9 Å². The normalized spacial score (nSPS) is 11.0. The number of fused-ring (bicyclic) bond motifs is 1. The number of amides is 1. The van der Waals surface area contributed by atoms with E-state index in [0.29, 0.717) is 10.9 Å². The molecule has 3 aromatic carbocycles. The van der Waals surface area contributed by atoms with Crippen molar-refractivity contribution in [1.29, 1.82) is 0 Å². The van der Waals surface area contributed by atoms with Crippen LogP contribution in [0.4, 0.5) is 0 Å². The average molecular weight is 480 g/mol. The van der Waals surface area contributed by atoms with Crippen LogP contribution in [0.25, 0.3) is 27.8 Å². The molecule has 0 radical (unpaired) electrons. The van der Waals surface area contributed by atoms with E-state index >= 15 is 0 Å². The number of para-hydroxylation sites is 2. The van der Waals surface area contributed by atoms with Crippen LogP contribution in [0.1, 0.15) is 12.5 Å². The summed E-state index contributed by atoms with van der Waals surface area (Å²) in [5, 5.41) is 8.10. The van der Waals surface area contributed by atoms with E-state index in [2.05, 4.69) is 5.32 Å². The molecule has 8 heteroatoms. The van der Waals surface area contributed by atoms with Crippen LogP contribution in [-0.4, -0.2) is 24.8 Å². The average Bonchev–Trinajstić information content (AvgIpc) is 3.36. The van der Waals surface area contributed by atoms with E-state index in [1.165, 1.54) is 4.57 Å². The number of aromatic nitrogens is 4. The zero-order valence-electron chi connectivity index (χ0n) is 19.8. The first-order chi connectivity index (χ1) is 17.6. The Labute approximate surface area is 207 Å². The molecule has 2 aromatic heterocycles. The van der Waals surface area contributed by atoms with Crippen molar-refractivity contribution in [1.82, 2.24) is 24.2 Å². The molecule has 0 fully saturated rings. The molecule has 8 nitrogen and oxygen atoms in total. The van der Waals surface area contributed by atoms with E-state index in [-0.39, 0.29) is 31.1 Å². The van der Waals surface area contributed by atoms with E-state index in [9.17, 15) is 14.4 Å². The third kappa shape index (κ3) is 4.36. The fourth-order valence-corrected chi connectivity index (χ4v) is 4.29. The molecule has 0 saturated heterocycles. The van der Waals surface area contributed by atoms with Crippen LogP contribution in [0.2, 0.25) is 0 Å². The molecule has 0 aliphatic carbocycles. The number of hydrogen-bond donors (Lipinski definition) is 1. The van der Waals surface area contributed by atoms with Crippen LogP contribution >= 0.6 is 0 Å². The van der Waals surface area contributed by atoms with Gasteiger partial charge in [0.05, 0.1) is 22.3 Å². The summed E-state index contributed by atoms with van der Waals surface area (Å²) in [5.41, 5.74) is 3.04. The fourth-order valence-electron chi connectivity index (χ4n) is 4.29. The lowest BCUT2D eigenvalue weighted by Crippen LogP contribution is -2.42. The maximum Gasteiger partial charge on any atom is 0.331 e. The molecule has 0 aliphatic rings. The summed E-state index contributed by atoms with van der Waals surface area (Å²) in [6, 6.07) is 26.4. The molecule has 0 atom stereocenters. The number of nitrogens with zero attached hydrogens (tertiary/aromatic N) is 4. The van der Waals surface area contributed by atoms with Crippen molar-refractivity contribution in [2.75, 3.05) is 0 Å². The number of rotatable bonds is 7. The minimum atomic E-state index is -0.502. The lowest BCUT2D eigenvalue weighted by molar-refractivity contribution is -0.121. The number of carbonyl (C=O) groups is 1. The third-order valence-electron chi connectivity index (χ3n) is 6.08. The highest BCUT2D eigenvalue weighted by Gasteiger charge is 2.16. The van der Waals surface area contributed by atoms with E-state index < -0.39 is 5.69 Å². The zero-order valence-corrected chi connectivity index (χ0v) is 19.8. The Balaban J connectivity index is 1.44. The number of hydrogen-bond acceptors (Lipinski definition) is 4. The molecule has 5 rings (SSSR count). The van der Waals surface area contributed by atoms with Gasteiger partial charge in [-0.3, -0.25) is 18.7 Å². The Morgan fingerprint density at radius 1 is 0.861 bits per heavy atom. The van der Waals surface area contributed by atoms with Gasteiger partial charge in [-0.2, -0.15) is 5.10 Å². The Morgan fingerprint density at radius 2 is 1.53 bits per heavy atom. The first-order valence-corrected chi connectivity index (χ1v) is 11.7. The molecule has 5 aromatic rings. The monoisotopic (exact) mass is 479 g/mol. The summed E-state index contributed by atoms with van der Waals surface area (Å²) in [5.74, 6) is -0.338. The first kappa shape index (κ1) is 23.0. The van der Waals surface area contributed by atoms with Gasteiger partial charge in [-0.15, -0.1) is 0 Å². The molecular formula is C28H25N5O3. The Kier molecular flexibility index (Phi) is 6.32. The lowest BCUT2D eigenvalue weighted by Gasteiger charge is -2.13. The van der Waals surface area contributed by atoms with E-state index in [0.717, 1.165) is 27.1 Å². The lowest BCUT2D eigenvalue weighted by atomic mass is 10.1. The van der Waals surface area contributed by atoms with Crippen LogP contribution < -0.4 is 16.6 Å². The maximum atomic E-state index is 13.0. The van der Waals surface area contributed by atoms with E-state index in [4.69, 9.17) is 5.10 Å². The predicted molar refractivity (Wildman–Crippen MR) is 139 cm³/mol. The molecule has 180 valence electrons. The predicted octanol–water partition coefficient (Wildman–Crippen LogP) is 3.35. The highest BCUT2D eigenvalue weighted by atomic mass is 16.2. The molecule has 0 unspecified atom stereocenters. The molecule has 0 aliphatic heterocycles. The second-order valence-electron chi connectivity index (χ2n) is 8.36. The molecule has 0 bridgehead atoms. The highest BCUT2D eigenvalue weighted by molar-refractivity contribution is 5.81. The van der Waals surface area contributed by atoms with Gasteiger partial charge in [0, 0.05) is 30.4 Å². The molecule has 0 spiro atoms. The van der Waals surface area contributed by atoms with Gasteiger partial charge < -0.3 is 5.32 Å². The summed E-state index contributed by atoms with van der Waals surface area (Å²) >= 11 is 0. The van der Waals surface area contributed by atoms with Gasteiger partial charge in [0.25, 0.3) is 5.56 Å². The third-order valence-corrected chi connectivity index (χ3v) is 6.08. The Bertz CT molecular complexity index is 1650. The van der Waals surface area contributed by atoms with Crippen molar-refractivity contribution < 1.29 is 4.79 Å². The quantitative estimate of drug-likeness (QED) is 0.388. The molecule has 0 saturated carbocycles. The standard InChI is InChI=1S/C28H25N5O3/c1-2-31-27(35)23-15-9-10-16-24(23)32(28(31)36)19-25(34)29-17-21-18-33(22-13-7-4-8-14-22)30-26(21)20-11-5-3-6-12-20/h3-16,18H,2,17,19H2,1H3,(H,29,34). The minimum absolute atomic E-state index is 0.201. The summed E-state index contributed by atoms with van der Waals surface area (Å²) in [6.07, 6.45) is 1.90. The van der Waals surface area contributed by atoms with Crippen LogP contribution in [-0.2, 0) is 24.4 Å². The molecule has 1 amide bonds. The zero-order chi connectivity index (χ0) is 25.1. The second-order valence-corrected chi connectivity index (χ2v) is 8.36. The number of benzene rings is 3. The first-order valence-electron chi connectivity index (χ1n) is 11.7. The molecule has 36 heavy (non-hydrogen) atoms. The van der Waals surface area contributed by atoms with Gasteiger partial charge in [0.1, 0.15) is 6.54 Å². The largest absolute Gasteiger partial charge is 0.350 e. The van der Waals surface area contributed by atoms with Crippen molar-refractivity contribution >= 4 is 16.8 Å². The Hall–Kier alpha value is -4.72. The van der Waals surface area contributed by atoms with Gasteiger partial charge in [-0.25, -0.2) is 9.48 Å². The summed E-state index contributed by atoms with van der Waals surface area (Å²) < 4.78 is 4.28. The van der Waals surface area contributed by atoms with Crippen LogP contribution in [0.3, 0.4) is 0 Å². The van der Waals surface area contributed by atoms with Gasteiger partial charge in [-0.1, -0.05) is 60.7 Å². The number of carbonyl (C=O) groups excluding carboxylic acids is 1. The van der Waals surface area contributed by atoms with Gasteiger partial charge >= 0.3 is 5.69 Å². The molecular weight excluding hydrogens is 454 g/mol. The SMILES string of the molecule is CCn1c(=O)c2ccccc2n(CC(=O)NCc2cn(-c3ccccc3)nc2-c2ccccc2)c1=O. The van der Waals surface area contributed by atoms with Crippen molar-refractivity contribution in [3.8, 4) is 16.9 Å². The molecule has 2 heterocycles. The maximum absolute atomic E-state index is 13.0. The summed E-state index contributed by atoms with van der Waals surface area (Å²) in [4.78, 5) is 38.6. The van der Waals surface area contributed by atoms with Gasteiger partial charge in [0.2, 0.25) is 5.91 Å². The van der Waals surface area contributed by atoms with Crippen molar-refractivity contribution in [2.45, 2.75) is 26.6 Å². The van der Waals surface area contributed by atoms with Gasteiger partial charge in [-0.05, 0) is 31.2 Å². The smallest absolute Gasteiger partial charge is 0.331 e. The highest BCUT2D eigenvalue weighted by Crippen LogP contribution is 2.23.